The lowest BCUT2D eigenvalue weighted by atomic mass is 10.1. The van der Waals surface area contributed by atoms with Crippen LogP contribution >= 0.6 is 11.6 Å². The summed E-state index contributed by atoms with van der Waals surface area (Å²) in [5.74, 6) is -0.0251. The van der Waals surface area contributed by atoms with Crippen molar-refractivity contribution in [1.82, 2.24) is 9.97 Å². The molecule has 0 aliphatic carbocycles. The molecule has 0 saturated carbocycles. The highest BCUT2D eigenvalue weighted by Gasteiger charge is 2.07. The van der Waals surface area contributed by atoms with Crippen LogP contribution in [0.2, 0.25) is 5.15 Å². The summed E-state index contributed by atoms with van der Waals surface area (Å²) in [7, 11) is 0. The van der Waals surface area contributed by atoms with Gasteiger partial charge in [-0.15, -0.1) is 0 Å². The summed E-state index contributed by atoms with van der Waals surface area (Å²) < 4.78 is 0. The third-order valence-electron chi connectivity index (χ3n) is 2.11. The first kappa shape index (κ1) is 10.8. The number of halogens is 1. The minimum atomic E-state index is -0.0251. The van der Waals surface area contributed by atoms with E-state index in [1.807, 2.05) is 0 Å². The summed E-state index contributed by atoms with van der Waals surface area (Å²) in [5, 5.41) is 0.395. The molecule has 0 saturated heterocycles. The van der Waals surface area contributed by atoms with E-state index >= 15 is 0 Å². The molecule has 0 amide bonds. The van der Waals surface area contributed by atoms with Crippen molar-refractivity contribution < 1.29 is 4.79 Å². The Hall–Kier alpha value is -1.74. The SMILES string of the molecule is O=C(Cc1ccnc(Cl)c1)c1ccccn1. The summed E-state index contributed by atoms with van der Waals surface area (Å²) in [6.07, 6.45) is 3.48. The van der Waals surface area contributed by atoms with Crippen LogP contribution < -0.4 is 0 Å². The van der Waals surface area contributed by atoms with E-state index in [-0.39, 0.29) is 5.78 Å². The number of carbonyl (C=O) groups excluding carboxylic acids is 1. The number of aromatic nitrogens is 2. The number of carbonyl (C=O) groups is 1. The molecule has 2 rings (SSSR count). The Labute approximate surface area is 98.1 Å². The van der Waals surface area contributed by atoms with Crippen molar-refractivity contribution in [2.24, 2.45) is 0 Å². The average molecular weight is 233 g/mol. The summed E-state index contributed by atoms with van der Waals surface area (Å²) in [4.78, 5) is 19.7. The monoisotopic (exact) mass is 232 g/mol. The molecule has 0 atom stereocenters. The first-order valence-electron chi connectivity index (χ1n) is 4.80. The van der Waals surface area contributed by atoms with Gasteiger partial charge < -0.3 is 0 Å². The molecule has 2 aromatic rings. The zero-order chi connectivity index (χ0) is 11.4. The number of pyridine rings is 2. The Kier molecular flexibility index (Phi) is 3.27. The molecule has 0 bridgehead atoms. The van der Waals surface area contributed by atoms with Gasteiger partial charge in [0.25, 0.3) is 0 Å². The fourth-order valence-electron chi connectivity index (χ4n) is 1.36. The molecule has 2 aromatic heterocycles. The van der Waals surface area contributed by atoms with Crippen molar-refractivity contribution in [2.75, 3.05) is 0 Å². The van der Waals surface area contributed by atoms with Gasteiger partial charge in [-0.1, -0.05) is 17.7 Å². The van der Waals surface area contributed by atoms with Crippen LogP contribution in [0, 0.1) is 0 Å². The summed E-state index contributed by atoms with van der Waals surface area (Å²) >= 11 is 5.74. The second kappa shape index (κ2) is 4.86. The minimum Gasteiger partial charge on any atom is -0.292 e. The first-order valence-corrected chi connectivity index (χ1v) is 5.18. The van der Waals surface area contributed by atoms with Gasteiger partial charge in [-0.3, -0.25) is 9.78 Å². The molecule has 2 heterocycles. The van der Waals surface area contributed by atoms with Crippen molar-refractivity contribution >= 4 is 17.4 Å². The number of nitrogens with zero attached hydrogens (tertiary/aromatic N) is 2. The molecule has 4 heteroatoms. The number of hydrogen-bond acceptors (Lipinski definition) is 3. The smallest absolute Gasteiger partial charge is 0.185 e. The highest BCUT2D eigenvalue weighted by molar-refractivity contribution is 6.29. The normalized spacial score (nSPS) is 10.1. The molecule has 16 heavy (non-hydrogen) atoms. The Bertz CT molecular complexity index is 499. The molecule has 0 aromatic carbocycles. The lowest BCUT2D eigenvalue weighted by molar-refractivity contribution is 0.0988. The molecular formula is C12H9ClN2O. The van der Waals surface area contributed by atoms with Crippen LogP contribution in [0.1, 0.15) is 16.1 Å². The van der Waals surface area contributed by atoms with Crippen molar-refractivity contribution in [3.8, 4) is 0 Å². The van der Waals surface area contributed by atoms with E-state index in [2.05, 4.69) is 9.97 Å². The van der Waals surface area contributed by atoms with E-state index in [0.717, 1.165) is 5.56 Å². The Morgan fingerprint density at radius 3 is 2.75 bits per heavy atom. The minimum absolute atomic E-state index is 0.0251. The van der Waals surface area contributed by atoms with Gasteiger partial charge in [0, 0.05) is 18.8 Å². The Morgan fingerprint density at radius 1 is 1.19 bits per heavy atom. The molecular weight excluding hydrogens is 224 g/mol. The van der Waals surface area contributed by atoms with E-state index in [1.54, 1.807) is 42.7 Å². The van der Waals surface area contributed by atoms with Crippen molar-refractivity contribution in [3.05, 3.63) is 59.1 Å². The third kappa shape index (κ3) is 2.64. The highest BCUT2D eigenvalue weighted by atomic mass is 35.5. The van der Waals surface area contributed by atoms with Gasteiger partial charge in [0.05, 0.1) is 0 Å². The molecule has 0 aliphatic heterocycles. The predicted molar refractivity (Wildman–Crippen MR) is 61.5 cm³/mol. The van der Waals surface area contributed by atoms with Crippen LogP contribution in [0.25, 0.3) is 0 Å². The number of Topliss-reactive ketones (excluding diaryl/α,β-unsaturated/α-hetero) is 1. The van der Waals surface area contributed by atoms with Gasteiger partial charge in [-0.25, -0.2) is 4.98 Å². The van der Waals surface area contributed by atoms with Crippen LogP contribution in [0.5, 0.6) is 0 Å². The number of ketones is 1. The number of hydrogen-bond donors (Lipinski definition) is 0. The molecule has 0 N–H and O–H groups in total. The van der Waals surface area contributed by atoms with E-state index in [0.29, 0.717) is 17.3 Å². The Balaban J connectivity index is 2.14. The van der Waals surface area contributed by atoms with E-state index in [1.165, 1.54) is 0 Å². The maximum Gasteiger partial charge on any atom is 0.185 e. The zero-order valence-corrected chi connectivity index (χ0v) is 9.19. The van der Waals surface area contributed by atoms with Gasteiger partial charge in [-0.05, 0) is 29.8 Å². The van der Waals surface area contributed by atoms with Crippen LogP contribution in [-0.4, -0.2) is 15.8 Å². The zero-order valence-electron chi connectivity index (χ0n) is 8.43. The van der Waals surface area contributed by atoms with Crippen molar-refractivity contribution in [3.63, 3.8) is 0 Å². The first-order chi connectivity index (χ1) is 7.75. The number of rotatable bonds is 3. The van der Waals surface area contributed by atoms with Gasteiger partial charge in [0.15, 0.2) is 5.78 Å². The maximum atomic E-state index is 11.8. The average Bonchev–Trinajstić information content (AvgIpc) is 2.30. The van der Waals surface area contributed by atoms with E-state index in [4.69, 9.17) is 11.6 Å². The fraction of sp³-hybridized carbons (Fsp3) is 0.0833. The molecule has 0 aliphatic rings. The summed E-state index contributed by atoms with van der Waals surface area (Å²) in [6.45, 7) is 0. The molecule has 80 valence electrons. The van der Waals surface area contributed by atoms with Gasteiger partial charge >= 0.3 is 0 Å². The van der Waals surface area contributed by atoms with Crippen LogP contribution in [0.3, 0.4) is 0 Å². The third-order valence-corrected chi connectivity index (χ3v) is 2.31. The fourth-order valence-corrected chi connectivity index (χ4v) is 1.55. The Morgan fingerprint density at radius 2 is 2.06 bits per heavy atom. The van der Waals surface area contributed by atoms with Crippen LogP contribution in [0.4, 0.5) is 0 Å². The topological polar surface area (TPSA) is 42.9 Å². The van der Waals surface area contributed by atoms with Crippen LogP contribution in [-0.2, 0) is 6.42 Å². The largest absolute Gasteiger partial charge is 0.292 e. The van der Waals surface area contributed by atoms with E-state index < -0.39 is 0 Å². The van der Waals surface area contributed by atoms with Crippen LogP contribution in [0.15, 0.2) is 42.7 Å². The quantitative estimate of drug-likeness (QED) is 0.603. The van der Waals surface area contributed by atoms with Crippen molar-refractivity contribution in [2.45, 2.75) is 6.42 Å². The van der Waals surface area contributed by atoms with E-state index in [9.17, 15) is 4.79 Å². The highest BCUT2D eigenvalue weighted by Crippen LogP contribution is 2.09. The standard InChI is InChI=1S/C12H9ClN2O/c13-12-8-9(4-6-15-12)7-11(16)10-3-1-2-5-14-10/h1-6,8H,7H2. The van der Waals surface area contributed by atoms with Gasteiger partial charge in [0.2, 0.25) is 0 Å². The second-order valence-corrected chi connectivity index (χ2v) is 3.69. The predicted octanol–water partition coefficient (Wildman–Crippen LogP) is 2.56. The summed E-state index contributed by atoms with van der Waals surface area (Å²) in [6, 6.07) is 8.72. The lowest BCUT2D eigenvalue weighted by Crippen LogP contribution is -2.05. The molecule has 0 unspecified atom stereocenters. The molecule has 3 nitrogen and oxygen atoms in total. The molecule has 0 spiro atoms. The maximum absolute atomic E-state index is 11.8. The van der Waals surface area contributed by atoms with Gasteiger partial charge in [-0.2, -0.15) is 0 Å². The molecule has 0 radical (unpaired) electrons. The van der Waals surface area contributed by atoms with Gasteiger partial charge in [0.1, 0.15) is 10.8 Å². The lowest BCUT2D eigenvalue weighted by Gasteiger charge is -2.00. The summed E-state index contributed by atoms with van der Waals surface area (Å²) in [5.41, 5.74) is 1.31. The second-order valence-electron chi connectivity index (χ2n) is 3.30. The molecule has 0 fully saturated rings. The van der Waals surface area contributed by atoms with Crippen molar-refractivity contribution in [1.29, 1.82) is 0 Å².